The lowest BCUT2D eigenvalue weighted by Crippen LogP contribution is -2.43. The van der Waals surface area contributed by atoms with Crippen LogP contribution in [-0.2, 0) is 26.2 Å². The van der Waals surface area contributed by atoms with Gasteiger partial charge in [0.05, 0.1) is 16.5 Å². The number of aryl methyl sites for hydroxylation is 1. The molecule has 0 unspecified atom stereocenters. The third-order valence-corrected chi connectivity index (χ3v) is 9.09. The first kappa shape index (κ1) is 24.7. The first-order chi connectivity index (χ1) is 17.3. The van der Waals surface area contributed by atoms with Crippen molar-refractivity contribution >= 4 is 33.2 Å². The van der Waals surface area contributed by atoms with Gasteiger partial charge < -0.3 is 15.4 Å². The van der Waals surface area contributed by atoms with Crippen molar-refractivity contribution in [3.63, 3.8) is 0 Å². The molecule has 0 aromatic heterocycles. The highest BCUT2D eigenvalue weighted by molar-refractivity contribution is 7.89. The number of anilines is 2. The van der Waals surface area contributed by atoms with Gasteiger partial charge in [0.1, 0.15) is 5.75 Å². The van der Waals surface area contributed by atoms with Gasteiger partial charge in [-0.25, -0.2) is 8.42 Å². The van der Waals surface area contributed by atoms with Crippen LogP contribution >= 0.6 is 0 Å². The summed E-state index contributed by atoms with van der Waals surface area (Å²) in [7, 11) is -3.84. The van der Waals surface area contributed by atoms with Crippen LogP contribution in [0.1, 0.15) is 36.8 Å². The largest absolute Gasteiger partial charge is 0.482 e. The van der Waals surface area contributed by atoms with E-state index < -0.39 is 15.9 Å². The molecule has 2 aromatic rings. The first-order valence-corrected chi connectivity index (χ1v) is 13.9. The molecule has 2 amide bonds. The highest BCUT2D eigenvalue weighted by Crippen LogP contribution is 2.35. The van der Waals surface area contributed by atoms with Crippen LogP contribution in [0.5, 0.6) is 5.75 Å². The number of ether oxygens (including phenoxy) is 1. The van der Waals surface area contributed by atoms with Crippen molar-refractivity contribution in [1.29, 1.82) is 0 Å². The summed E-state index contributed by atoms with van der Waals surface area (Å²) < 4.78 is 33.9. The van der Waals surface area contributed by atoms with E-state index in [1.165, 1.54) is 23.2 Å². The molecule has 3 heterocycles. The van der Waals surface area contributed by atoms with Crippen LogP contribution in [0.15, 0.2) is 41.3 Å². The summed E-state index contributed by atoms with van der Waals surface area (Å²) in [6.45, 7) is 5.09. The number of amides is 2. The Kier molecular flexibility index (Phi) is 7.00. The number of nitrogens with one attached hydrogen (secondary N) is 2. The number of carbonyl (C=O) groups is 2. The number of piperidine rings is 1. The van der Waals surface area contributed by atoms with Gasteiger partial charge >= 0.3 is 0 Å². The molecule has 0 bridgehead atoms. The van der Waals surface area contributed by atoms with E-state index in [0.29, 0.717) is 36.4 Å². The van der Waals surface area contributed by atoms with Gasteiger partial charge in [0, 0.05) is 31.4 Å². The average molecular weight is 513 g/mol. The van der Waals surface area contributed by atoms with Crippen LogP contribution in [0.3, 0.4) is 0 Å². The number of likely N-dealkylation sites (tertiary alicyclic amines) is 1. The molecular formula is C26H32N4O5S. The normalized spacial score (nSPS) is 20.9. The molecule has 2 N–H and O–H groups in total. The highest BCUT2D eigenvalue weighted by Gasteiger charge is 2.35. The number of carbonyl (C=O) groups excluding carboxylic acids is 2. The number of fused-ring (bicyclic) bond motifs is 1. The molecular weight excluding hydrogens is 480 g/mol. The minimum atomic E-state index is -3.84. The minimum Gasteiger partial charge on any atom is -0.482 e. The molecule has 3 aliphatic rings. The molecule has 2 saturated heterocycles. The Labute approximate surface area is 211 Å². The van der Waals surface area contributed by atoms with Gasteiger partial charge in [-0.15, -0.1) is 0 Å². The van der Waals surface area contributed by atoms with E-state index in [1.54, 1.807) is 13.0 Å². The van der Waals surface area contributed by atoms with Crippen LogP contribution in [-0.4, -0.2) is 62.2 Å². The molecule has 36 heavy (non-hydrogen) atoms. The number of hydrogen-bond donors (Lipinski definition) is 2. The average Bonchev–Trinajstić information content (AvgIpc) is 3.37. The van der Waals surface area contributed by atoms with Gasteiger partial charge in [-0.05, 0) is 75.0 Å². The maximum atomic E-state index is 13.5. The molecule has 9 nitrogen and oxygen atoms in total. The summed E-state index contributed by atoms with van der Waals surface area (Å²) in [6, 6.07) is 11.0. The van der Waals surface area contributed by atoms with Crippen molar-refractivity contribution in [3.05, 3.63) is 47.5 Å². The molecule has 2 aromatic carbocycles. The number of rotatable bonds is 6. The van der Waals surface area contributed by atoms with E-state index in [-0.39, 0.29) is 29.9 Å². The lowest BCUT2D eigenvalue weighted by Gasteiger charge is -2.32. The SMILES string of the molecule is Cc1cc2c(cc1S(=O)(=O)N1CCC[C@H](C(=O)Nc3cccc(CN4CCCC4)c3)C1)OCC(=O)N2. The third-order valence-electron chi connectivity index (χ3n) is 7.08. The summed E-state index contributed by atoms with van der Waals surface area (Å²) in [6.07, 6.45) is 3.69. The maximum absolute atomic E-state index is 13.5. The number of sulfonamides is 1. The maximum Gasteiger partial charge on any atom is 0.262 e. The Morgan fingerprint density at radius 2 is 1.94 bits per heavy atom. The third kappa shape index (κ3) is 5.25. The van der Waals surface area contributed by atoms with E-state index in [2.05, 4.69) is 21.6 Å². The van der Waals surface area contributed by atoms with E-state index in [9.17, 15) is 18.0 Å². The van der Waals surface area contributed by atoms with Gasteiger partial charge in [-0.3, -0.25) is 14.5 Å². The zero-order chi connectivity index (χ0) is 25.3. The van der Waals surface area contributed by atoms with Crippen molar-refractivity contribution in [3.8, 4) is 5.75 Å². The zero-order valence-electron chi connectivity index (χ0n) is 20.5. The number of nitrogens with zero attached hydrogens (tertiary/aromatic N) is 2. The van der Waals surface area contributed by atoms with E-state index >= 15 is 0 Å². The van der Waals surface area contributed by atoms with E-state index in [4.69, 9.17) is 4.74 Å². The van der Waals surface area contributed by atoms with Crippen molar-refractivity contribution in [1.82, 2.24) is 9.21 Å². The van der Waals surface area contributed by atoms with Crippen molar-refractivity contribution in [2.75, 3.05) is 43.4 Å². The van der Waals surface area contributed by atoms with E-state index in [1.807, 2.05) is 18.2 Å². The summed E-state index contributed by atoms with van der Waals surface area (Å²) in [5, 5.41) is 5.71. The highest BCUT2D eigenvalue weighted by atomic mass is 32.2. The Morgan fingerprint density at radius 1 is 1.14 bits per heavy atom. The second-order valence-electron chi connectivity index (χ2n) is 9.83. The molecule has 0 aliphatic carbocycles. The van der Waals surface area contributed by atoms with Gasteiger partial charge in [-0.1, -0.05) is 12.1 Å². The summed E-state index contributed by atoms with van der Waals surface area (Å²) in [4.78, 5) is 27.3. The Bertz CT molecular complexity index is 1270. The molecule has 5 rings (SSSR count). The predicted molar refractivity (Wildman–Crippen MR) is 136 cm³/mol. The summed E-state index contributed by atoms with van der Waals surface area (Å²) >= 11 is 0. The fraction of sp³-hybridized carbons (Fsp3) is 0.462. The fourth-order valence-electron chi connectivity index (χ4n) is 5.20. The molecule has 0 spiro atoms. The summed E-state index contributed by atoms with van der Waals surface area (Å²) in [5.41, 5.74) is 2.87. The molecule has 1 atom stereocenters. The first-order valence-electron chi connectivity index (χ1n) is 12.5. The van der Waals surface area contributed by atoms with Gasteiger partial charge in [0.2, 0.25) is 15.9 Å². The smallest absolute Gasteiger partial charge is 0.262 e. The Hall–Kier alpha value is -2.95. The lowest BCUT2D eigenvalue weighted by atomic mass is 9.98. The van der Waals surface area contributed by atoms with Crippen LogP contribution in [0.25, 0.3) is 0 Å². The van der Waals surface area contributed by atoms with Gasteiger partial charge in [-0.2, -0.15) is 4.31 Å². The van der Waals surface area contributed by atoms with Crippen LogP contribution in [0.4, 0.5) is 11.4 Å². The molecule has 2 fully saturated rings. The predicted octanol–water partition coefficient (Wildman–Crippen LogP) is 2.96. The van der Waals surface area contributed by atoms with Crippen LogP contribution in [0.2, 0.25) is 0 Å². The summed E-state index contributed by atoms with van der Waals surface area (Å²) in [5.74, 6) is -0.548. The number of benzene rings is 2. The molecule has 192 valence electrons. The van der Waals surface area contributed by atoms with E-state index in [0.717, 1.165) is 30.9 Å². The molecule has 10 heteroatoms. The zero-order valence-corrected chi connectivity index (χ0v) is 21.3. The fourth-order valence-corrected chi connectivity index (χ4v) is 6.94. The monoisotopic (exact) mass is 512 g/mol. The molecule has 3 aliphatic heterocycles. The second-order valence-corrected chi connectivity index (χ2v) is 11.7. The van der Waals surface area contributed by atoms with Crippen molar-refractivity contribution < 1.29 is 22.7 Å². The molecule has 0 radical (unpaired) electrons. The topological polar surface area (TPSA) is 108 Å². The standard InChI is InChI=1S/C26H32N4O5S/c1-18-12-22-23(35-17-25(31)28-22)14-24(18)36(33,34)30-11-5-7-20(16-30)26(32)27-21-8-4-6-19(13-21)15-29-9-2-3-10-29/h4,6,8,12-14,20H,2-3,5,7,9-11,15-17H2,1H3,(H,27,32)(H,28,31)/t20-/m0/s1. The van der Waals surface area contributed by atoms with Crippen molar-refractivity contribution in [2.45, 2.75) is 44.0 Å². The Morgan fingerprint density at radius 3 is 2.75 bits per heavy atom. The van der Waals surface area contributed by atoms with Crippen molar-refractivity contribution in [2.24, 2.45) is 5.92 Å². The van der Waals surface area contributed by atoms with Crippen LogP contribution < -0.4 is 15.4 Å². The lowest BCUT2D eigenvalue weighted by molar-refractivity contribution is -0.121. The van der Waals surface area contributed by atoms with Gasteiger partial charge in [0.15, 0.2) is 6.61 Å². The Balaban J connectivity index is 1.27. The minimum absolute atomic E-state index is 0.121. The van der Waals surface area contributed by atoms with Crippen LogP contribution in [0, 0.1) is 12.8 Å². The quantitative estimate of drug-likeness (QED) is 0.616. The number of hydrogen-bond acceptors (Lipinski definition) is 6. The second kappa shape index (κ2) is 10.2. The molecule has 0 saturated carbocycles. The van der Waals surface area contributed by atoms with Gasteiger partial charge in [0.25, 0.3) is 5.91 Å².